The second-order valence-electron chi connectivity index (χ2n) is 4.14. The van der Waals surface area contributed by atoms with Gasteiger partial charge in [0.1, 0.15) is 5.75 Å². The maximum absolute atomic E-state index is 5.46. The van der Waals surface area contributed by atoms with Crippen LogP contribution in [0.15, 0.2) is 24.3 Å². The predicted octanol–water partition coefficient (Wildman–Crippen LogP) is 3.18. The third-order valence-corrected chi connectivity index (χ3v) is 2.55. The molecule has 0 atom stereocenters. The molecule has 2 N–H and O–H groups in total. The number of hydrogen-bond donors (Lipinski definition) is 1. The molecule has 0 aliphatic carbocycles. The molecule has 1 aromatic rings. The zero-order chi connectivity index (χ0) is 12.0. The Hall–Kier alpha value is -1.28. The van der Waals surface area contributed by atoms with Gasteiger partial charge < -0.3 is 10.5 Å². The van der Waals surface area contributed by atoms with Crippen LogP contribution in [0.3, 0.4) is 0 Å². The van der Waals surface area contributed by atoms with E-state index in [0.29, 0.717) is 12.5 Å². The molecule has 0 radical (unpaired) electrons. The predicted molar refractivity (Wildman–Crippen MR) is 69.8 cm³/mol. The Labute approximate surface area is 98.1 Å². The lowest BCUT2D eigenvalue weighted by molar-refractivity contribution is 0.413. The Kier molecular flexibility index (Phi) is 5.06. The van der Waals surface area contributed by atoms with Gasteiger partial charge in [0.2, 0.25) is 0 Å². The highest BCUT2D eigenvalue weighted by atomic mass is 16.5. The van der Waals surface area contributed by atoms with E-state index in [1.54, 1.807) is 7.11 Å². The first kappa shape index (κ1) is 12.8. The van der Waals surface area contributed by atoms with Gasteiger partial charge in [0.05, 0.1) is 7.11 Å². The molecule has 2 nitrogen and oxygen atoms in total. The quantitative estimate of drug-likeness (QED) is 0.825. The van der Waals surface area contributed by atoms with E-state index < -0.39 is 0 Å². The molecule has 0 spiro atoms. The average Bonchev–Trinajstić information content (AvgIpc) is 2.29. The maximum atomic E-state index is 5.46. The van der Waals surface area contributed by atoms with Crippen molar-refractivity contribution in [3.05, 3.63) is 35.4 Å². The number of rotatable bonds is 5. The van der Waals surface area contributed by atoms with E-state index in [-0.39, 0.29) is 0 Å². The summed E-state index contributed by atoms with van der Waals surface area (Å²) in [4.78, 5) is 0. The lowest BCUT2D eigenvalue weighted by atomic mass is 10.00. The van der Waals surface area contributed by atoms with Gasteiger partial charge in [-0.3, -0.25) is 0 Å². The van der Waals surface area contributed by atoms with Crippen molar-refractivity contribution < 1.29 is 4.74 Å². The minimum atomic E-state index is 0.535. The standard InChI is InChI=1S/C14H21NO/c1-11(2)12-7-8-14(16-3)13(10-12)6-4-5-9-15/h4,6-8,10-11H,5,9,15H2,1-3H3/b6-4+. The first-order valence-corrected chi connectivity index (χ1v) is 5.73. The third-order valence-electron chi connectivity index (χ3n) is 2.55. The molecule has 1 rings (SSSR count). The zero-order valence-corrected chi connectivity index (χ0v) is 10.4. The lowest BCUT2D eigenvalue weighted by Crippen LogP contribution is -1.95. The number of hydrogen-bond acceptors (Lipinski definition) is 2. The topological polar surface area (TPSA) is 35.2 Å². The van der Waals surface area contributed by atoms with Crippen molar-refractivity contribution in [2.24, 2.45) is 5.73 Å². The van der Waals surface area contributed by atoms with Crippen molar-refractivity contribution in [1.29, 1.82) is 0 Å². The fourth-order valence-corrected chi connectivity index (χ4v) is 1.55. The molecule has 0 saturated heterocycles. The molecule has 0 unspecified atom stereocenters. The summed E-state index contributed by atoms with van der Waals surface area (Å²) < 4.78 is 5.33. The third kappa shape index (κ3) is 3.38. The van der Waals surface area contributed by atoms with Gasteiger partial charge in [-0.1, -0.05) is 32.1 Å². The Morgan fingerprint density at radius 2 is 2.12 bits per heavy atom. The fourth-order valence-electron chi connectivity index (χ4n) is 1.55. The molecule has 0 aromatic heterocycles. The Morgan fingerprint density at radius 1 is 1.38 bits per heavy atom. The normalized spacial score (nSPS) is 11.3. The van der Waals surface area contributed by atoms with Gasteiger partial charge in [0, 0.05) is 5.56 Å². The highest BCUT2D eigenvalue weighted by Gasteiger charge is 2.04. The van der Waals surface area contributed by atoms with E-state index in [0.717, 1.165) is 17.7 Å². The van der Waals surface area contributed by atoms with Crippen LogP contribution in [0.1, 0.15) is 37.3 Å². The van der Waals surface area contributed by atoms with E-state index >= 15 is 0 Å². The average molecular weight is 219 g/mol. The Bertz CT molecular complexity index is 356. The molecule has 0 aliphatic heterocycles. The van der Waals surface area contributed by atoms with Crippen LogP contribution in [0.4, 0.5) is 0 Å². The smallest absolute Gasteiger partial charge is 0.126 e. The first-order valence-electron chi connectivity index (χ1n) is 5.73. The molecular formula is C14H21NO. The summed E-state index contributed by atoms with van der Waals surface area (Å²) in [7, 11) is 1.70. The van der Waals surface area contributed by atoms with E-state index in [4.69, 9.17) is 10.5 Å². The Balaban J connectivity index is 2.97. The van der Waals surface area contributed by atoms with Gasteiger partial charge in [-0.2, -0.15) is 0 Å². The van der Waals surface area contributed by atoms with Gasteiger partial charge in [-0.25, -0.2) is 0 Å². The highest BCUT2D eigenvalue weighted by molar-refractivity contribution is 5.58. The molecule has 0 amide bonds. The number of benzene rings is 1. The van der Waals surface area contributed by atoms with Crippen LogP contribution in [0.5, 0.6) is 5.75 Å². The Morgan fingerprint density at radius 3 is 2.69 bits per heavy atom. The zero-order valence-electron chi connectivity index (χ0n) is 10.4. The van der Waals surface area contributed by atoms with Crippen LogP contribution < -0.4 is 10.5 Å². The van der Waals surface area contributed by atoms with Crippen LogP contribution >= 0.6 is 0 Å². The molecule has 0 saturated carbocycles. The van der Waals surface area contributed by atoms with Crippen molar-refractivity contribution in [3.8, 4) is 5.75 Å². The SMILES string of the molecule is COc1ccc(C(C)C)cc1/C=C/CCN. The number of ether oxygens (including phenoxy) is 1. The molecule has 16 heavy (non-hydrogen) atoms. The summed E-state index contributed by atoms with van der Waals surface area (Å²) in [5.41, 5.74) is 7.91. The van der Waals surface area contributed by atoms with Gasteiger partial charge >= 0.3 is 0 Å². The van der Waals surface area contributed by atoms with Crippen molar-refractivity contribution in [3.63, 3.8) is 0 Å². The first-order chi connectivity index (χ1) is 7.69. The van der Waals surface area contributed by atoms with Gasteiger partial charge in [0.15, 0.2) is 0 Å². The van der Waals surface area contributed by atoms with Crippen LogP contribution in [0.25, 0.3) is 6.08 Å². The molecular weight excluding hydrogens is 198 g/mol. The molecule has 0 aliphatic rings. The van der Waals surface area contributed by atoms with Crippen molar-refractivity contribution in [2.45, 2.75) is 26.2 Å². The van der Waals surface area contributed by atoms with Crippen molar-refractivity contribution in [1.82, 2.24) is 0 Å². The van der Waals surface area contributed by atoms with Crippen LogP contribution in [-0.2, 0) is 0 Å². The minimum absolute atomic E-state index is 0.535. The van der Waals surface area contributed by atoms with Gasteiger partial charge in [0.25, 0.3) is 0 Å². The monoisotopic (exact) mass is 219 g/mol. The van der Waals surface area contributed by atoms with Crippen LogP contribution in [0.2, 0.25) is 0 Å². The molecule has 0 bridgehead atoms. The lowest BCUT2D eigenvalue weighted by Gasteiger charge is -2.10. The summed E-state index contributed by atoms with van der Waals surface area (Å²) in [5.74, 6) is 1.45. The second kappa shape index (κ2) is 6.33. The van der Waals surface area contributed by atoms with Gasteiger partial charge in [-0.15, -0.1) is 0 Å². The van der Waals surface area contributed by atoms with E-state index in [1.165, 1.54) is 5.56 Å². The van der Waals surface area contributed by atoms with Crippen molar-refractivity contribution in [2.75, 3.05) is 13.7 Å². The highest BCUT2D eigenvalue weighted by Crippen LogP contribution is 2.25. The second-order valence-corrected chi connectivity index (χ2v) is 4.14. The number of methoxy groups -OCH3 is 1. The molecule has 0 heterocycles. The molecule has 2 heteroatoms. The summed E-state index contributed by atoms with van der Waals surface area (Å²) in [6.07, 6.45) is 5.06. The fraction of sp³-hybridized carbons (Fsp3) is 0.429. The maximum Gasteiger partial charge on any atom is 0.126 e. The minimum Gasteiger partial charge on any atom is -0.496 e. The van der Waals surface area contributed by atoms with Crippen molar-refractivity contribution >= 4 is 6.08 Å². The van der Waals surface area contributed by atoms with Crippen LogP contribution in [0, 0.1) is 0 Å². The summed E-state index contributed by atoms with van der Waals surface area (Å²) in [5, 5.41) is 0. The van der Waals surface area contributed by atoms with Crippen LogP contribution in [-0.4, -0.2) is 13.7 Å². The summed E-state index contributed by atoms with van der Waals surface area (Å²) in [6, 6.07) is 6.32. The summed E-state index contributed by atoms with van der Waals surface area (Å²) >= 11 is 0. The summed E-state index contributed by atoms with van der Waals surface area (Å²) in [6.45, 7) is 5.06. The molecule has 0 fully saturated rings. The number of nitrogens with two attached hydrogens (primary N) is 1. The largest absolute Gasteiger partial charge is 0.496 e. The molecule has 88 valence electrons. The van der Waals surface area contributed by atoms with Gasteiger partial charge in [-0.05, 0) is 36.6 Å². The van der Waals surface area contributed by atoms with E-state index in [9.17, 15) is 0 Å². The van der Waals surface area contributed by atoms with E-state index in [2.05, 4.69) is 38.1 Å². The van der Waals surface area contributed by atoms with E-state index in [1.807, 2.05) is 6.07 Å². The molecule has 1 aromatic carbocycles.